The Kier molecular flexibility index (Phi) is 8.14. The van der Waals surface area contributed by atoms with Crippen LogP contribution in [0.2, 0.25) is 0 Å². The van der Waals surface area contributed by atoms with Crippen molar-refractivity contribution in [1.29, 1.82) is 0 Å². The van der Waals surface area contributed by atoms with Crippen LogP contribution in [-0.4, -0.2) is 51.8 Å². The highest BCUT2D eigenvalue weighted by Crippen LogP contribution is 2.28. The Morgan fingerprint density at radius 3 is 2.39 bits per heavy atom. The summed E-state index contributed by atoms with van der Waals surface area (Å²) in [7, 11) is 5.62. The third-order valence-electron chi connectivity index (χ3n) is 4.36. The molecule has 0 aliphatic rings. The topological polar surface area (TPSA) is 60.0 Å². The summed E-state index contributed by atoms with van der Waals surface area (Å²) in [5.41, 5.74) is 1.61. The van der Waals surface area contributed by atoms with Crippen molar-refractivity contribution in [3.63, 3.8) is 0 Å². The van der Waals surface area contributed by atoms with Crippen molar-refractivity contribution >= 4 is 5.91 Å². The van der Waals surface area contributed by atoms with Crippen LogP contribution in [0.4, 0.5) is 0 Å². The Balaban J connectivity index is 2.13. The Labute approximate surface area is 167 Å². The first-order valence-corrected chi connectivity index (χ1v) is 9.48. The number of amides is 1. The van der Waals surface area contributed by atoms with Gasteiger partial charge in [-0.2, -0.15) is 0 Å². The zero-order valence-electron chi connectivity index (χ0n) is 17.3. The molecule has 0 heterocycles. The summed E-state index contributed by atoms with van der Waals surface area (Å²) in [5.74, 6) is 1.86. The molecule has 0 bridgehead atoms. The molecule has 0 aliphatic heterocycles. The number of hydrogen-bond acceptors (Lipinski definition) is 5. The van der Waals surface area contributed by atoms with Crippen molar-refractivity contribution in [2.45, 2.75) is 19.9 Å². The van der Waals surface area contributed by atoms with Crippen molar-refractivity contribution in [3.05, 3.63) is 53.6 Å². The number of nitrogens with zero attached hydrogens (tertiary/aromatic N) is 1. The molecule has 6 heteroatoms. The molecule has 1 N–H and O–H groups in total. The van der Waals surface area contributed by atoms with Gasteiger partial charge in [0.05, 0.1) is 26.4 Å². The molecule has 0 aromatic heterocycles. The van der Waals surface area contributed by atoms with Crippen LogP contribution in [0, 0.1) is 0 Å². The van der Waals surface area contributed by atoms with Gasteiger partial charge in [-0.1, -0.05) is 12.1 Å². The summed E-state index contributed by atoms with van der Waals surface area (Å²) in [6.45, 7) is 5.32. The molecule has 0 saturated carbocycles. The van der Waals surface area contributed by atoms with Crippen molar-refractivity contribution in [2.24, 2.45) is 0 Å². The SMILES string of the molecule is CCOc1ccc(C(=O)NCC(c2cccc(OC)c2)N(C)C)cc1OCC. The lowest BCUT2D eigenvalue weighted by Crippen LogP contribution is -2.34. The molecule has 2 aromatic rings. The summed E-state index contributed by atoms with van der Waals surface area (Å²) in [6.07, 6.45) is 0. The van der Waals surface area contributed by atoms with Gasteiger partial charge in [-0.15, -0.1) is 0 Å². The second kappa shape index (κ2) is 10.6. The molecule has 0 fully saturated rings. The van der Waals surface area contributed by atoms with Gasteiger partial charge < -0.3 is 24.4 Å². The molecule has 0 aliphatic carbocycles. The van der Waals surface area contributed by atoms with Crippen molar-refractivity contribution in [1.82, 2.24) is 10.2 Å². The van der Waals surface area contributed by atoms with Crippen LogP contribution in [0.25, 0.3) is 0 Å². The molecule has 152 valence electrons. The van der Waals surface area contributed by atoms with Crippen molar-refractivity contribution in [2.75, 3.05) is 41.0 Å². The number of benzene rings is 2. The highest BCUT2D eigenvalue weighted by Gasteiger charge is 2.17. The number of carbonyl (C=O) groups is 1. The third kappa shape index (κ3) is 5.63. The van der Waals surface area contributed by atoms with E-state index >= 15 is 0 Å². The van der Waals surface area contributed by atoms with Gasteiger partial charge in [0.1, 0.15) is 5.75 Å². The number of hydrogen-bond donors (Lipinski definition) is 1. The van der Waals surface area contributed by atoms with Gasteiger partial charge in [-0.3, -0.25) is 4.79 Å². The summed E-state index contributed by atoms with van der Waals surface area (Å²) in [6, 6.07) is 13.1. The Hall–Kier alpha value is -2.73. The van der Waals surface area contributed by atoms with Gasteiger partial charge in [0.2, 0.25) is 0 Å². The van der Waals surface area contributed by atoms with Crippen molar-refractivity contribution < 1.29 is 19.0 Å². The molecule has 0 saturated heterocycles. The fraction of sp³-hybridized carbons (Fsp3) is 0.409. The maximum absolute atomic E-state index is 12.7. The Morgan fingerprint density at radius 2 is 1.75 bits per heavy atom. The number of methoxy groups -OCH3 is 1. The molecular weight excluding hydrogens is 356 g/mol. The highest BCUT2D eigenvalue weighted by atomic mass is 16.5. The minimum Gasteiger partial charge on any atom is -0.497 e. The number of carbonyl (C=O) groups excluding carboxylic acids is 1. The zero-order valence-corrected chi connectivity index (χ0v) is 17.3. The van der Waals surface area contributed by atoms with E-state index in [1.165, 1.54) is 0 Å². The molecule has 2 aromatic carbocycles. The molecule has 1 amide bonds. The predicted molar refractivity (Wildman–Crippen MR) is 111 cm³/mol. The average Bonchev–Trinajstić information content (AvgIpc) is 2.69. The van der Waals surface area contributed by atoms with Gasteiger partial charge in [-0.05, 0) is 63.8 Å². The quantitative estimate of drug-likeness (QED) is 0.677. The van der Waals surface area contributed by atoms with Gasteiger partial charge in [-0.25, -0.2) is 0 Å². The number of likely N-dealkylation sites (N-methyl/N-ethyl adjacent to an activating group) is 1. The number of rotatable bonds is 10. The molecule has 0 spiro atoms. The highest BCUT2D eigenvalue weighted by molar-refractivity contribution is 5.94. The van der Waals surface area contributed by atoms with Crippen LogP contribution in [0.1, 0.15) is 35.8 Å². The number of ether oxygens (including phenoxy) is 3. The van der Waals surface area contributed by atoms with Gasteiger partial charge >= 0.3 is 0 Å². The van der Waals surface area contributed by atoms with E-state index in [1.54, 1.807) is 25.3 Å². The second-order valence-electron chi connectivity index (χ2n) is 6.49. The van der Waals surface area contributed by atoms with E-state index in [1.807, 2.05) is 52.2 Å². The van der Waals surface area contributed by atoms with Gasteiger partial charge in [0, 0.05) is 12.1 Å². The maximum atomic E-state index is 12.7. The molecule has 1 unspecified atom stereocenters. The lowest BCUT2D eigenvalue weighted by atomic mass is 10.1. The normalized spacial score (nSPS) is 11.8. The van der Waals surface area contributed by atoms with E-state index in [4.69, 9.17) is 14.2 Å². The Bertz CT molecular complexity index is 777. The van der Waals surface area contributed by atoms with Crippen LogP contribution in [0.3, 0.4) is 0 Å². The first-order chi connectivity index (χ1) is 13.5. The van der Waals surface area contributed by atoms with Crippen LogP contribution in [0.5, 0.6) is 17.2 Å². The monoisotopic (exact) mass is 386 g/mol. The minimum atomic E-state index is -0.154. The minimum absolute atomic E-state index is 0.0214. The molecular formula is C22H30N2O4. The maximum Gasteiger partial charge on any atom is 0.251 e. The zero-order chi connectivity index (χ0) is 20.5. The molecule has 0 radical (unpaired) electrons. The van der Waals surface area contributed by atoms with Crippen molar-refractivity contribution in [3.8, 4) is 17.2 Å². The number of nitrogens with one attached hydrogen (secondary N) is 1. The van der Waals surface area contributed by atoms with Crippen LogP contribution >= 0.6 is 0 Å². The Morgan fingerprint density at radius 1 is 1.04 bits per heavy atom. The second-order valence-corrected chi connectivity index (χ2v) is 6.49. The van der Waals surface area contributed by atoms with Gasteiger partial charge in [0.15, 0.2) is 11.5 Å². The van der Waals surface area contributed by atoms with E-state index < -0.39 is 0 Å². The van der Waals surface area contributed by atoms with E-state index in [9.17, 15) is 4.79 Å². The molecule has 2 rings (SSSR count). The lowest BCUT2D eigenvalue weighted by molar-refractivity contribution is 0.0941. The average molecular weight is 386 g/mol. The van der Waals surface area contributed by atoms with E-state index in [0.29, 0.717) is 36.8 Å². The fourth-order valence-electron chi connectivity index (χ4n) is 2.93. The summed E-state index contributed by atoms with van der Waals surface area (Å²) < 4.78 is 16.5. The first-order valence-electron chi connectivity index (χ1n) is 9.48. The molecule has 28 heavy (non-hydrogen) atoms. The smallest absolute Gasteiger partial charge is 0.251 e. The standard InChI is InChI=1S/C22H30N2O4/c1-6-27-20-12-11-17(14-21(20)28-7-2)22(25)23-15-19(24(3)4)16-9-8-10-18(13-16)26-5/h8-14,19H,6-7,15H2,1-5H3,(H,23,25). The van der Waals surface area contributed by atoms with Crippen LogP contribution in [-0.2, 0) is 0 Å². The first kappa shape index (κ1) is 21.6. The largest absolute Gasteiger partial charge is 0.497 e. The fourth-order valence-corrected chi connectivity index (χ4v) is 2.93. The summed E-state index contributed by atoms with van der Waals surface area (Å²) in [4.78, 5) is 14.8. The van der Waals surface area contributed by atoms with Crippen LogP contribution < -0.4 is 19.5 Å². The van der Waals surface area contributed by atoms with E-state index in [-0.39, 0.29) is 11.9 Å². The lowest BCUT2D eigenvalue weighted by Gasteiger charge is -2.25. The summed E-state index contributed by atoms with van der Waals surface area (Å²) in [5, 5.41) is 3.02. The van der Waals surface area contributed by atoms with E-state index in [0.717, 1.165) is 11.3 Å². The summed E-state index contributed by atoms with van der Waals surface area (Å²) >= 11 is 0. The molecule has 6 nitrogen and oxygen atoms in total. The van der Waals surface area contributed by atoms with Crippen LogP contribution in [0.15, 0.2) is 42.5 Å². The van der Waals surface area contributed by atoms with E-state index in [2.05, 4.69) is 10.2 Å². The molecule has 1 atom stereocenters. The third-order valence-corrected chi connectivity index (χ3v) is 4.36. The van der Waals surface area contributed by atoms with Gasteiger partial charge in [0.25, 0.3) is 5.91 Å². The predicted octanol–water partition coefficient (Wildman–Crippen LogP) is 3.53.